The highest BCUT2D eigenvalue weighted by Gasteiger charge is 2.14. The van der Waals surface area contributed by atoms with Crippen LogP contribution in [0.5, 0.6) is 0 Å². The molecule has 3 aromatic rings. The van der Waals surface area contributed by atoms with E-state index in [1.54, 1.807) is 37.3 Å². The van der Waals surface area contributed by atoms with Crippen LogP contribution >= 0.6 is 22.9 Å². The van der Waals surface area contributed by atoms with Gasteiger partial charge in [-0.2, -0.15) is 0 Å². The number of aromatic nitrogens is 1. The van der Waals surface area contributed by atoms with E-state index in [4.69, 9.17) is 16.7 Å². The number of carbonyl (C=O) groups excluding carboxylic acids is 1. The minimum atomic E-state index is -0.873. The first-order valence-electron chi connectivity index (χ1n) is 8.74. The molecule has 2 aromatic carbocycles. The highest BCUT2D eigenvalue weighted by Crippen LogP contribution is 2.19. The predicted molar refractivity (Wildman–Crippen MR) is 113 cm³/mol. The van der Waals surface area contributed by atoms with Crippen LogP contribution in [0.4, 0.5) is 0 Å². The molecule has 0 spiro atoms. The summed E-state index contributed by atoms with van der Waals surface area (Å²) in [5.41, 5.74) is 2.92. The standard InChI is InChI=1S/C22H17ClN2O3S/c1-14-21(22(28)24-13-17-4-2-3-5-18(17)23)29-19(25-14)11-10-15-6-8-16(9-7-15)12-20(26)27/h2-9H,12-13H2,1H3,(H,24,28)(H,26,27). The molecule has 0 saturated heterocycles. The lowest BCUT2D eigenvalue weighted by molar-refractivity contribution is -0.136. The second kappa shape index (κ2) is 9.37. The van der Waals surface area contributed by atoms with Gasteiger partial charge in [0.1, 0.15) is 4.88 Å². The number of aliphatic carboxylic acids is 1. The van der Waals surface area contributed by atoms with Crippen molar-refractivity contribution in [2.45, 2.75) is 19.9 Å². The fourth-order valence-corrected chi connectivity index (χ4v) is 3.60. The molecule has 7 heteroatoms. The molecular weight excluding hydrogens is 408 g/mol. The average molecular weight is 425 g/mol. The maximum Gasteiger partial charge on any atom is 0.307 e. The van der Waals surface area contributed by atoms with Gasteiger partial charge in [-0.25, -0.2) is 4.98 Å². The Hall–Kier alpha value is -3.14. The molecule has 0 atom stereocenters. The minimum absolute atomic E-state index is 0.0218. The molecule has 3 rings (SSSR count). The third kappa shape index (κ3) is 5.67. The summed E-state index contributed by atoms with van der Waals surface area (Å²) in [4.78, 5) is 28.1. The molecule has 29 heavy (non-hydrogen) atoms. The summed E-state index contributed by atoms with van der Waals surface area (Å²) in [7, 11) is 0. The van der Waals surface area contributed by atoms with Crippen molar-refractivity contribution in [2.24, 2.45) is 0 Å². The predicted octanol–water partition coefficient (Wildman–Crippen LogP) is 4.06. The van der Waals surface area contributed by atoms with E-state index in [2.05, 4.69) is 22.1 Å². The Morgan fingerprint density at radius 3 is 2.55 bits per heavy atom. The molecule has 1 aromatic heterocycles. The van der Waals surface area contributed by atoms with Crippen molar-refractivity contribution in [2.75, 3.05) is 0 Å². The van der Waals surface area contributed by atoms with E-state index in [1.807, 2.05) is 18.2 Å². The Labute approximate surface area is 177 Å². The van der Waals surface area contributed by atoms with Crippen LogP contribution in [0.3, 0.4) is 0 Å². The zero-order valence-electron chi connectivity index (χ0n) is 15.5. The van der Waals surface area contributed by atoms with Crippen LogP contribution in [0, 0.1) is 18.8 Å². The molecular formula is C22H17ClN2O3S. The number of halogens is 1. The summed E-state index contributed by atoms with van der Waals surface area (Å²) in [6.45, 7) is 2.10. The van der Waals surface area contributed by atoms with Gasteiger partial charge in [0.25, 0.3) is 5.91 Å². The van der Waals surface area contributed by atoms with Crippen molar-refractivity contribution in [3.8, 4) is 11.8 Å². The van der Waals surface area contributed by atoms with Gasteiger partial charge in [0.05, 0.1) is 12.1 Å². The second-order valence-corrected chi connectivity index (χ2v) is 7.63. The molecule has 0 radical (unpaired) electrons. The summed E-state index contributed by atoms with van der Waals surface area (Å²) in [5.74, 6) is 4.86. The first-order chi connectivity index (χ1) is 13.9. The maximum absolute atomic E-state index is 12.5. The van der Waals surface area contributed by atoms with Gasteiger partial charge in [-0.1, -0.05) is 47.9 Å². The van der Waals surface area contributed by atoms with Crippen LogP contribution < -0.4 is 5.32 Å². The highest BCUT2D eigenvalue weighted by atomic mass is 35.5. The van der Waals surface area contributed by atoms with Gasteiger partial charge in [-0.3, -0.25) is 9.59 Å². The van der Waals surface area contributed by atoms with Crippen molar-refractivity contribution in [3.63, 3.8) is 0 Å². The summed E-state index contributed by atoms with van der Waals surface area (Å²) < 4.78 is 0. The van der Waals surface area contributed by atoms with Crippen molar-refractivity contribution >= 4 is 34.8 Å². The Kier molecular flexibility index (Phi) is 6.65. The van der Waals surface area contributed by atoms with Crippen molar-refractivity contribution in [1.82, 2.24) is 10.3 Å². The Morgan fingerprint density at radius 2 is 1.86 bits per heavy atom. The summed E-state index contributed by atoms with van der Waals surface area (Å²) >= 11 is 7.34. The van der Waals surface area contributed by atoms with E-state index in [0.717, 1.165) is 11.1 Å². The number of nitrogens with zero attached hydrogens (tertiary/aromatic N) is 1. The molecule has 5 nitrogen and oxygen atoms in total. The van der Waals surface area contributed by atoms with Crippen LogP contribution in [-0.4, -0.2) is 22.0 Å². The van der Waals surface area contributed by atoms with Crippen molar-refractivity contribution < 1.29 is 14.7 Å². The maximum atomic E-state index is 12.5. The lowest BCUT2D eigenvalue weighted by Gasteiger charge is -2.05. The molecule has 146 valence electrons. The molecule has 1 heterocycles. The van der Waals surface area contributed by atoms with Gasteiger partial charge in [-0.05, 0) is 42.2 Å². The van der Waals surface area contributed by atoms with Gasteiger partial charge in [-0.15, -0.1) is 11.3 Å². The quantitative estimate of drug-likeness (QED) is 0.605. The van der Waals surface area contributed by atoms with E-state index < -0.39 is 5.97 Å². The van der Waals surface area contributed by atoms with Crippen LogP contribution in [0.25, 0.3) is 0 Å². The van der Waals surface area contributed by atoms with Crippen LogP contribution in [0.15, 0.2) is 48.5 Å². The molecule has 0 aliphatic heterocycles. The van der Waals surface area contributed by atoms with Gasteiger partial charge in [0.2, 0.25) is 0 Å². The van der Waals surface area contributed by atoms with E-state index >= 15 is 0 Å². The number of thiazole rings is 1. The van der Waals surface area contributed by atoms with E-state index in [-0.39, 0.29) is 12.3 Å². The fraction of sp³-hybridized carbons (Fsp3) is 0.136. The summed E-state index contributed by atoms with van der Waals surface area (Å²) in [6.07, 6.45) is -0.0218. The van der Waals surface area contributed by atoms with Crippen LogP contribution in [0.1, 0.15) is 37.1 Å². The van der Waals surface area contributed by atoms with E-state index in [9.17, 15) is 9.59 Å². The van der Waals surface area contributed by atoms with Crippen LogP contribution in [0.2, 0.25) is 5.02 Å². The Morgan fingerprint density at radius 1 is 1.14 bits per heavy atom. The first-order valence-corrected chi connectivity index (χ1v) is 9.93. The zero-order valence-corrected chi connectivity index (χ0v) is 17.1. The lowest BCUT2D eigenvalue weighted by Crippen LogP contribution is -2.22. The van der Waals surface area contributed by atoms with E-state index in [1.165, 1.54) is 11.3 Å². The Bertz CT molecular complexity index is 1110. The topological polar surface area (TPSA) is 79.3 Å². The lowest BCUT2D eigenvalue weighted by atomic mass is 10.1. The monoisotopic (exact) mass is 424 g/mol. The van der Waals surface area contributed by atoms with E-state index in [0.29, 0.717) is 32.7 Å². The number of carboxylic acid groups (broad SMARTS) is 1. The summed E-state index contributed by atoms with van der Waals surface area (Å²) in [6, 6.07) is 14.4. The molecule has 0 fully saturated rings. The van der Waals surface area contributed by atoms with Crippen LogP contribution in [-0.2, 0) is 17.8 Å². The van der Waals surface area contributed by atoms with Gasteiger partial charge in [0.15, 0.2) is 5.01 Å². The average Bonchev–Trinajstić information content (AvgIpc) is 3.07. The smallest absolute Gasteiger partial charge is 0.307 e. The third-order valence-electron chi connectivity index (χ3n) is 4.02. The number of carboxylic acids is 1. The molecule has 0 saturated carbocycles. The minimum Gasteiger partial charge on any atom is -0.481 e. The van der Waals surface area contributed by atoms with Crippen molar-refractivity contribution in [3.05, 3.63) is 85.8 Å². The molecule has 1 amide bonds. The Balaban J connectivity index is 1.67. The number of benzene rings is 2. The molecule has 0 unspecified atom stereocenters. The molecule has 0 bridgehead atoms. The number of amides is 1. The number of rotatable bonds is 5. The number of hydrogen-bond donors (Lipinski definition) is 2. The number of aryl methyl sites for hydroxylation is 1. The number of nitrogens with one attached hydrogen (secondary N) is 1. The molecule has 0 aliphatic carbocycles. The largest absolute Gasteiger partial charge is 0.481 e. The molecule has 0 aliphatic rings. The van der Waals surface area contributed by atoms with Gasteiger partial charge in [0, 0.05) is 17.1 Å². The molecule has 2 N–H and O–H groups in total. The van der Waals surface area contributed by atoms with Crippen molar-refractivity contribution in [1.29, 1.82) is 0 Å². The number of carbonyl (C=O) groups is 2. The normalized spacial score (nSPS) is 10.1. The van der Waals surface area contributed by atoms with Gasteiger partial charge < -0.3 is 10.4 Å². The fourth-order valence-electron chi connectivity index (χ4n) is 2.56. The first kappa shape index (κ1) is 20.6. The third-order valence-corrected chi connectivity index (χ3v) is 5.46. The second-order valence-electron chi connectivity index (χ2n) is 6.23. The summed E-state index contributed by atoms with van der Waals surface area (Å²) in [5, 5.41) is 12.8. The highest BCUT2D eigenvalue weighted by molar-refractivity contribution is 7.14. The zero-order chi connectivity index (χ0) is 20.8. The van der Waals surface area contributed by atoms with Gasteiger partial charge >= 0.3 is 5.97 Å². The number of hydrogen-bond acceptors (Lipinski definition) is 4. The SMILES string of the molecule is Cc1nc(C#Cc2ccc(CC(=O)O)cc2)sc1C(=O)NCc1ccccc1Cl.